The van der Waals surface area contributed by atoms with Crippen molar-refractivity contribution < 1.29 is 37.9 Å². The SMILES string of the molecule is N#C[C@@H]1CC(F)(F)CN1C(=O)CNC(=O)c1ccnc2c(NC(=O)CCC(=O)N[C@@H](CS)C(=O)O)cccc12. The Morgan fingerprint density at radius 1 is 1.21 bits per heavy atom. The number of aromatic nitrogens is 1. The predicted octanol–water partition coefficient (Wildman–Crippen LogP) is 0.942. The van der Waals surface area contributed by atoms with E-state index in [0.29, 0.717) is 5.39 Å². The Morgan fingerprint density at radius 2 is 1.92 bits per heavy atom. The Balaban J connectivity index is 1.65. The molecule has 2 aromatic rings. The van der Waals surface area contributed by atoms with Crippen LogP contribution in [0.2, 0.25) is 0 Å². The fraction of sp³-hybridized carbons (Fsp3) is 0.375. The third kappa shape index (κ3) is 7.38. The molecule has 15 heteroatoms. The van der Waals surface area contributed by atoms with Gasteiger partial charge in [0.2, 0.25) is 17.7 Å². The van der Waals surface area contributed by atoms with E-state index in [9.17, 15) is 32.8 Å². The number of halogens is 2. The van der Waals surface area contributed by atoms with Gasteiger partial charge in [0.1, 0.15) is 12.1 Å². The second-order valence-electron chi connectivity index (χ2n) is 8.66. The molecule has 4 amide bonds. The van der Waals surface area contributed by atoms with Gasteiger partial charge in [-0.2, -0.15) is 17.9 Å². The Morgan fingerprint density at radius 3 is 2.59 bits per heavy atom. The summed E-state index contributed by atoms with van der Waals surface area (Å²) in [5, 5.41) is 25.6. The van der Waals surface area contributed by atoms with Crippen LogP contribution >= 0.6 is 12.6 Å². The molecule has 1 aromatic carbocycles. The maximum Gasteiger partial charge on any atom is 0.327 e. The number of hydrogen-bond donors (Lipinski definition) is 5. The summed E-state index contributed by atoms with van der Waals surface area (Å²) < 4.78 is 27.3. The van der Waals surface area contributed by atoms with Gasteiger partial charge in [0.05, 0.1) is 35.9 Å². The molecular formula is C24H24F2N6O6S. The third-order valence-corrected chi connectivity index (χ3v) is 6.19. The van der Waals surface area contributed by atoms with Crippen molar-refractivity contribution in [3.05, 3.63) is 36.0 Å². The number of carboxylic acids is 1. The largest absolute Gasteiger partial charge is 0.480 e. The summed E-state index contributed by atoms with van der Waals surface area (Å²) in [4.78, 5) is 65.5. The van der Waals surface area contributed by atoms with Crippen LogP contribution in [0.3, 0.4) is 0 Å². The van der Waals surface area contributed by atoms with Crippen LogP contribution < -0.4 is 16.0 Å². The molecule has 12 nitrogen and oxygen atoms in total. The van der Waals surface area contributed by atoms with Gasteiger partial charge in [-0.15, -0.1) is 0 Å². The molecule has 4 N–H and O–H groups in total. The molecule has 0 saturated carbocycles. The van der Waals surface area contributed by atoms with Gasteiger partial charge in [-0.05, 0) is 12.1 Å². The number of nitrogens with zero attached hydrogens (tertiary/aromatic N) is 3. The Labute approximate surface area is 226 Å². The minimum absolute atomic E-state index is 0.0957. The second kappa shape index (κ2) is 12.5. The number of carboxylic acid groups (broad SMARTS) is 1. The molecular weight excluding hydrogens is 538 g/mol. The average Bonchev–Trinajstić information content (AvgIpc) is 3.23. The molecule has 1 fully saturated rings. The van der Waals surface area contributed by atoms with Crippen LogP contribution in [0.4, 0.5) is 14.5 Å². The molecule has 0 bridgehead atoms. The average molecular weight is 563 g/mol. The van der Waals surface area contributed by atoms with E-state index < -0.39 is 67.1 Å². The number of likely N-dealkylation sites (tertiary alicyclic amines) is 1. The molecule has 0 spiro atoms. The van der Waals surface area contributed by atoms with E-state index in [0.717, 1.165) is 4.90 Å². The van der Waals surface area contributed by atoms with Crippen molar-refractivity contribution >= 4 is 58.8 Å². The number of hydrogen-bond acceptors (Lipinski definition) is 8. The number of benzene rings is 1. The number of thiol groups is 1. The summed E-state index contributed by atoms with van der Waals surface area (Å²) in [5.41, 5.74) is 0.566. The summed E-state index contributed by atoms with van der Waals surface area (Å²) in [7, 11) is 0. The number of nitrogens with one attached hydrogen (secondary N) is 3. The number of pyridine rings is 1. The van der Waals surface area contributed by atoms with E-state index >= 15 is 0 Å². The van der Waals surface area contributed by atoms with Gasteiger partial charge in [0, 0.05) is 36.6 Å². The number of anilines is 1. The highest BCUT2D eigenvalue weighted by Gasteiger charge is 2.47. The fourth-order valence-electron chi connectivity index (χ4n) is 3.91. The number of amides is 4. The van der Waals surface area contributed by atoms with E-state index in [1.165, 1.54) is 18.3 Å². The summed E-state index contributed by atoms with van der Waals surface area (Å²) in [5.74, 6) is -7.29. The summed E-state index contributed by atoms with van der Waals surface area (Å²) in [6, 6.07) is 5.19. The number of alkyl halides is 2. The summed E-state index contributed by atoms with van der Waals surface area (Å²) in [6.45, 7) is -1.51. The summed E-state index contributed by atoms with van der Waals surface area (Å²) >= 11 is 3.85. The van der Waals surface area contributed by atoms with Crippen molar-refractivity contribution in [3.8, 4) is 6.07 Å². The van der Waals surface area contributed by atoms with Gasteiger partial charge in [0.15, 0.2) is 0 Å². The van der Waals surface area contributed by atoms with Gasteiger partial charge < -0.3 is 26.0 Å². The van der Waals surface area contributed by atoms with Crippen LogP contribution in [0.5, 0.6) is 0 Å². The molecule has 1 aliphatic rings. The van der Waals surface area contributed by atoms with Crippen LogP contribution in [0, 0.1) is 11.3 Å². The van der Waals surface area contributed by atoms with Crippen molar-refractivity contribution in [2.75, 3.05) is 24.2 Å². The zero-order valence-electron chi connectivity index (χ0n) is 20.3. The van der Waals surface area contributed by atoms with E-state index in [1.807, 2.05) is 0 Å². The quantitative estimate of drug-likeness (QED) is 0.265. The molecule has 2 heterocycles. The number of carbonyl (C=O) groups is 5. The van der Waals surface area contributed by atoms with Crippen LogP contribution in [0.1, 0.15) is 29.6 Å². The minimum Gasteiger partial charge on any atom is -0.480 e. The number of nitriles is 1. The second-order valence-corrected chi connectivity index (χ2v) is 9.02. The predicted molar refractivity (Wildman–Crippen MR) is 136 cm³/mol. The van der Waals surface area contributed by atoms with Crippen LogP contribution in [-0.4, -0.2) is 81.4 Å². The Kier molecular flexibility index (Phi) is 9.36. The lowest BCUT2D eigenvalue weighted by Crippen LogP contribution is -2.43. The smallest absolute Gasteiger partial charge is 0.327 e. The van der Waals surface area contributed by atoms with Gasteiger partial charge in [-0.25, -0.2) is 13.6 Å². The van der Waals surface area contributed by atoms with Crippen molar-refractivity contribution in [1.82, 2.24) is 20.5 Å². The van der Waals surface area contributed by atoms with Gasteiger partial charge >= 0.3 is 5.97 Å². The first-order valence-corrected chi connectivity index (χ1v) is 12.2. The highest BCUT2D eigenvalue weighted by atomic mass is 32.1. The molecule has 1 saturated heterocycles. The van der Waals surface area contributed by atoms with Crippen LogP contribution in [-0.2, 0) is 19.2 Å². The first-order valence-electron chi connectivity index (χ1n) is 11.6. The van der Waals surface area contributed by atoms with Crippen molar-refractivity contribution in [2.45, 2.75) is 37.3 Å². The van der Waals surface area contributed by atoms with Gasteiger partial charge in [-0.1, -0.05) is 12.1 Å². The Hall–Kier alpha value is -4.32. The van der Waals surface area contributed by atoms with Crippen molar-refractivity contribution in [3.63, 3.8) is 0 Å². The van der Waals surface area contributed by atoms with Gasteiger partial charge in [0.25, 0.3) is 11.8 Å². The Bertz CT molecular complexity index is 1350. The zero-order chi connectivity index (χ0) is 28.7. The molecule has 0 aliphatic carbocycles. The van der Waals surface area contributed by atoms with Crippen molar-refractivity contribution in [1.29, 1.82) is 5.26 Å². The standard InChI is InChI=1S/C24H24F2N6O6S/c25-24(26)8-13(9-27)32(12-24)20(35)10-29-22(36)15-6-7-28-21-14(15)2-1-3-16(21)30-18(33)4-5-19(34)31-17(11-39)23(37)38/h1-3,6-7,13,17,39H,4-5,8,10-12H2,(H,29,36)(H,30,33)(H,31,34)(H,37,38)/t13-,17-/m0/s1. The number of carbonyl (C=O) groups excluding carboxylic acids is 4. The molecule has 206 valence electrons. The lowest BCUT2D eigenvalue weighted by atomic mass is 10.1. The first kappa shape index (κ1) is 29.2. The lowest BCUT2D eigenvalue weighted by molar-refractivity contribution is -0.141. The van der Waals surface area contributed by atoms with E-state index in [-0.39, 0.29) is 35.4 Å². The van der Waals surface area contributed by atoms with E-state index in [4.69, 9.17) is 10.4 Å². The minimum atomic E-state index is -3.18. The highest BCUT2D eigenvalue weighted by molar-refractivity contribution is 7.80. The molecule has 2 atom stereocenters. The monoisotopic (exact) mass is 562 g/mol. The zero-order valence-corrected chi connectivity index (χ0v) is 21.2. The van der Waals surface area contributed by atoms with Crippen LogP contribution in [0.25, 0.3) is 10.9 Å². The van der Waals surface area contributed by atoms with Crippen molar-refractivity contribution in [2.24, 2.45) is 0 Å². The maximum atomic E-state index is 13.6. The van der Waals surface area contributed by atoms with Gasteiger partial charge in [-0.3, -0.25) is 24.2 Å². The molecule has 3 rings (SSSR count). The molecule has 1 aliphatic heterocycles. The fourth-order valence-corrected chi connectivity index (χ4v) is 4.16. The van der Waals surface area contributed by atoms with E-state index in [2.05, 4.69) is 33.6 Å². The third-order valence-electron chi connectivity index (χ3n) is 5.82. The topological polar surface area (TPSA) is 182 Å². The first-order chi connectivity index (χ1) is 18.5. The maximum absolute atomic E-state index is 13.6. The normalized spacial score (nSPS) is 16.7. The van der Waals surface area contributed by atoms with Crippen LogP contribution in [0.15, 0.2) is 30.5 Å². The highest BCUT2D eigenvalue weighted by Crippen LogP contribution is 2.31. The number of fused-ring (bicyclic) bond motifs is 1. The number of rotatable bonds is 10. The molecule has 0 unspecified atom stereocenters. The van der Waals surface area contributed by atoms with E-state index in [1.54, 1.807) is 18.2 Å². The summed E-state index contributed by atoms with van der Waals surface area (Å²) in [6.07, 6.45) is -0.00416. The molecule has 39 heavy (non-hydrogen) atoms. The number of para-hydroxylation sites is 1. The molecule has 0 radical (unpaired) electrons. The number of aliphatic carboxylic acids is 1. The molecule has 1 aromatic heterocycles. The lowest BCUT2D eigenvalue weighted by Gasteiger charge is -2.19.